The van der Waals surface area contributed by atoms with E-state index in [-0.39, 0.29) is 18.1 Å². The molecule has 28 heavy (non-hydrogen) atoms. The lowest BCUT2D eigenvalue weighted by atomic mass is 9.98. The summed E-state index contributed by atoms with van der Waals surface area (Å²) in [4.78, 5) is 13.8. The summed E-state index contributed by atoms with van der Waals surface area (Å²) in [6.07, 6.45) is 3.01. The van der Waals surface area contributed by atoms with E-state index in [0.717, 1.165) is 37.4 Å². The number of amides is 1. The standard InChI is InChI=1S/C24H30N2O2/c1-5-24(25-18(4)27)20-8-6-19(7-9-20)15-26-13-12-21-14-23(28-17(2)3)11-10-22(21)16-26/h5-11,14,17,24H,1,12-13,15-16H2,2-4H3,(H,25,27). The van der Waals surface area contributed by atoms with Crippen molar-refractivity contribution in [3.05, 3.63) is 77.4 Å². The Bertz CT molecular complexity index is 827. The van der Waals surface area contributed by atoms with Crippen molar-refractivity contribution in [2.75, 3.05) is 6.54 Å². The minimum atomic E-state index is -0.143. The van der Waals surface area contributed by atoms with Crippen molar-refractivity contribution in [1.82, 2.24) is 10.2 Å². The fraction of sp³-hybridized carbons (Fsp3) is 0.375. The molecule has 0 saturated heterocycles. The van der Waals surface area contributed by atoms with Crippen molar-refractivity contribution >= 4 is 5.91 Å². The van der Waals surface area contributed by atoms with Crippen molar-refractivity contribution in [3.63, 3.8) is 0 Å². The zero-order valence-corrected chi connectivity index (χ0v) is 17.1. The number of benzene rings is 2. The Labute approximate surface area is 168 Å². The average Bonchev–Trinajstić information content (AvgIpc) is 2.66. The van der Waals surface area contributed by atoms with Crippen LogP contribution in [0.4, 0.5) is 0 Å². The molecular weight excluding hydrogens is 348 g/mol. The molecule has 0 bridgehead atoms. The number of fused-ring (bicyclic) bond motifs is 1. The maximum Gasteiger partial charge on any atom is 0.217 e. The zero-order chi connectivity index (χ0) is 20.1. The Balaban J connectivity index is 1.62. The molecule has 0 aliphatic carbocycles. The van der Waals surface area contributed by atoms with Gasteiger partial charge in [-0.1, -0.05) is 36.4 Å². The molecular formula is C24H30N2O2. The van der Waals surface area contributed by atoms with E-state index in [1.165, 1.54) is 23.6 Å². The Morgan fingerprint density at radius 3 is 2.61 bits per heavy atom. The largest absolute Gasteiger partial charge is 0.491 e. The third kappa shape index (κ3) is 5.23. The second-order valence-electron chi connectivity index (χ2n) is 7.71. The molecule has 1 atom stereocenters. The number of rotatable bonds is 7. The number of carbonyl (C=O) groups excluding carboxylic acids is 1. The van der Waals surface area contributed by atoms with Crippen molar-refractivity contribution < 1.29 is 9.53 Å². The van der Waals surface area contributed by atoms with Gasteiger partial charge in [0, 0.05) is 26.6 Å². The van der Waals surface area contributed by atoms with E-state index in [2.05, 4.69) is 73.1 Å². The van der Waals surface area contributed by atoms with E-state index in [1.54, 1.807) is 6.08 Å². The molecule has 0 spiro atoms. The summed E-state index contributed by atoms with van der Waals surface area (Å²) in [6, 6.07) is 14.8. The minimum absolute atomic E-state index is 0.0529. The topological polar surface area (TPSA) is 41.6 Å². The molecule has 3 rings (SSSR count). The van der Waals surface area contributed by atoms with E-state index < -0.39 is 0 Å². The summed E-state index contributed by atoms with van der Waals surface area (Å²) in [5, 5.41) is 2.90. The summed E-state index contributed by atoms with van der Waals surface area (Å²) in [5.41, 5.74) is 5.11. The second kappa shape index (κ2) is 9.07. The van der Waals surface area contributed by atoms with Crippen LogP contribution in [0, 0.1) is 0 Å². The van der Waals surface area contributed by atoms with Crippen LogP contribution in [0.15, 0.2) is 55.1 Å². The molecule has 4 nitrogen and oxygen atoms in total. The first-order chi connectivity index (χ1) is 13.4. The number of hydrogen-bond donors (Lipinski definition) is 1. The number of carbonyl (C=O) groups is 1. The van der Waals surface area contributed by atoms with E-state index in [9.17, 15) is 4.79 Å². The van der Waals surface area contributed by atoms with Gasteiger partial charge in [0.1, 0.15) is 5.75 Å². The van der Waals surface area contributed by atoms with Crippen LogP contribution >= 0.6 is 0 Å². The van der Waals surface area contributed by atoms with Gasteiger partial charge in [-0.2, -0.15) is 0 Å². The van der Waals surface area contributed by atoms with Gasteiger partial charge in [0.25, 0.3) is 0 Å². The molecule has 1 N–H and O–H groups in total. The SMILES string of the molecule is C=CC(NC(C)=O)c1ccc(CN2CCc3cc(OC(C)C)ccc3C2)cc1. The fourth-order valence-electron chi connectivity index (χ4n) is 3.65. The number of ether oxygens (including phenoxy) is 1. The van der Waals surface area contributed by atoms with Crippen molar-refractivity contribution in [3.8, 4) is 5.75 Å². The van der Waals surface area contributed by atoms with Gasteiger partial charge in [0.15, 0.2) is 0 Å². The first-order valence-electron chi connectivity index (χ1n) is 9.94. The maximum absolute atomic E-state index is 11.3. The second-order valence-corrected chi connectivity index (χ2v) is 7.71. The van der Waals surface area contributed by atoms with Crippen LogP contribution in [0.1, 0.15) is 49.1 Å². The molecule has 1 amide bonds. The van der Waals surface area contributed by atoms with Crippen molar-refractivity contribution in [2.24, 2.45) is 0 Å². The van der Waals surface area contributed by atoms with E-state index >= 15 is 0 Å². The summed E-state index contributed by atoms with van der Waals surface area (Å²) < 4.78 is 5.82. The highest BCUT2D eigenvalue weighted by Gasteiger charge is 2.17. The minimum Gasteiger partial charge on any atom is -0.491 e. The third-order valence-electron chi connectivity index (χ3n) is 4.98. The van der Waals surface area contributed by atoms with Gasteiger partial charge in [-0.25, -0.2) is 0 Å². The molecule has 4 heteroatoms. The molecule has 1 aliphatic rings. The first-order valence-corrected chi connectivity index (χ1v) is 9.94. The van der Waals surface area contributed by atoms with Gasteiger partial charge < -0.3 is 10.1 Å². The average molecular weight is 379 g/mol. The van der Waals surface area contributed by atoms with Gasteiger partial charge in [-0.15, -0.1) is 6.58 Å². The molecule has 1 heterocycles. The van der Waals surface area contributed by atoms with Gasteiger partial charge in [-0.05, 0) is 54.7 Å². The predicted octanol–water partition coefficient (Wildman–Crippen LogP) is 4.40. The van der Waals surface area contributed by atoms with Gasteiger partial charge >= 0.3 is 0 Å². The van der Waals surface area contributed by atoms with Crippen LogP contribution < -0.4 is 10.1 Å². The lowest BCUT2D eigenvalue weighted by Gasteiger charge is -2.29. The Morgan fingerprint density at radius 1 is 1.21 bits per heavy atom. The zero-order valence-electron chi connectivity index (χ0n) is 17.1. The smallest absolute Gasteiger partial charge is 0.217 e. The van der Waals surface area contributed by atoms with Crippen LogP contribution in [0.2, 0.25) is 0 Å². The van der Waals surface area contributed by atoms with Crippen LogP contribution in [0.5, 0.6) is 5.75 Å². The van der Waals surface area contributed by atoms with Crippen LogP contribution in [0.25, 0.3) is 0 Å². The number of hydrogen-bond acceptors (Lipinski definition) is 3. The fourth-order valence-corrected chi connectivity index (χ4v) is 3.65. The molecule has 2 aromatic rings. The molecule has 0 aromatic heterocycles. The molecule has 0 radical (unpaired) electrons. The van der Waals surface area contributed by atoms with Crippen LogP contribution in [-0.4, -0.2) is 23.5 Å². The molecule has 2 aromatic carbocycles. The number of nitrogens with one attached hydrogen (secondary N) is 1. The third-order valence-corrected chi connectivity index (χ3v) is 4.98. The molecule has 0 saturated carbocycles. The Morgan fingerprint density at radius 2 is 1.96 bits per heavy atom. The van der Waals surface area contributed by atoms with Gasteiger partial charge in [0.2, 0.25) is 5.91 Å². The molecule has 0 fully saturated rings. The lowest BCUT2D eigenvalue weighted by molar-refractivity contribution is -0.119. The van der Waals surface area contributed by atoms with Crippen LogP contribution in [0.3, 0.4) is 0 Å². The molecule has 148 valence electrons. The predicted molar refractivity (Wildman–Crippen MR) is 113 cm³/mol. The monoisotopic (exact) mass is 378 g/mol. The quantitative estimate of drug-likeness (QED) is 0.726. The van der Waals surface area contributed by atoms with E-state index in [1.807, 2.05) is 0 Å². The summed E-state index contributed by atoms with van der Waals surface area (Å²) >= 11 is 0. The normalized spacial score (nSPS) is 15.0. The Hall–Kier alpha value is -2.59. The van der Waals surface area contributed by atoms with E-state index in [0.29, 0.717) is 0 Å². The molecule has 1 aliphatic heterocycles. The summed E-state index contributed by atoms with van der Waals surface area (Å²) in [6.45, 7) is 12.4. The highest BCUT2D eigenvalue weighted by atomic mass is 16.5. The number of nitrogens with zero attached hydrogens (tertiary/aromatic N) is 1. The highest BCUT2D eigenvalue weighted by molar-refractivity contribution is 5.73. The Kier molecular flexibility index (Phi) is 6.53. The van der Waals surface area contributed by atoms with E-state index in [4.69, 9.17) is 4.74 Å². The first kappa shape index (κ1) is 20.2. The van der Waals surface area contributed by atoms with Gasteiger partial charge in [-0.3, -0.25) is 9.69 Å². The van der Waals surface area contributed by atoms with Crippen molar-refractivity contribution in [1.29, 1.82) is 0 Å². The van der Waals surface area contributed by atoms with Gasteiger partial charge in [0.05, 0.1) is 12.1 Å². The highest BCUT2D eigenvalue weighted by Crippen LogP contribution is 2.25. The van der Waals surface area contributed by atoms with Crippen LogP contribution in [-0.2, 0) is 24.3 Å². The summed E-state index contributed by atoms with van der Waals surface area (Å²) in [7, 11) is 0. The summed E-state index contributed by atoms with van der Waals surface area (Å²) in [5.74, 6) is 0.914. The molecule has 1 unspecified atom stereocenters. The lowest BCUT2D eigenvalue weighted by Crippen LogP contribution is -2.30. The van der Waals surface area contributed by atoms with Crippen molar-refractivity contribution in [2.45, 2.75) is 52.4 Å². The maximum atomic E-state index is 11.3.